The van der Waals surface area contributed by atoms with E-state index < -0.39 is 11.5 Å². The summed E-state index contributed by atoms with van der Waals surface area (Å²) < 4.78 is 0. The molecule has 1 rings (SSSR count). The van der Waals surface area contributed by atoms with E-state index in [1.54, 1.807) is 0 Å². The van der Waals surface area contributed by atoms with Crippen LogP contribution in [-0.4, -0.2) is 34.0 Å². The van der Waals surface area contributed by atoms with E-state index in [0.717, 1.165) is 0 Å². The number of carbonyl (C=O) groups excluding carboxylic acids is 1. The summed E-state index contributed by atoms with van der Waals surface area (Å²) in [5, 5.41) is 18.6. The number of aromatic hydroxyl groups is 1. The Morgan fingerprint density at radius 1 is 1.39 bits per heavy atom. The first kappa shape index (κ1) is 14.0. The van der Waals surface area contributed by atoms with E-state index in [4.69, 9.17) is 0 Å². The Morgan fingerprint density at radius 2 is 1.94 bits per heavy atom. The fraction of sp³-hybridized carbons (Fsp3) is 0.385. The lowest BCUT2D eigenvalue weighted by molar-refractivity contribution is -0.154. The molecule has 0 saturated heterocycles. The van der Waals surface area contributed by atoms with Crippen molar-refractivity contribution in [2.75, 3.05) is 6.54 Å². The Bertz CT molecular complexity index is 429. The van der Waals surface area contributed by atoms with Crippen molar-refractivity contribution >= 4 is 12.4 Å². The Morgan fingerprint density at radius 3 is 2.33 bits per heavy atom. The summed E-state index contributed by atoms with van der Waals surface area (Å²) in [4.78, 5) is 23.9. The molecule has 2 N–H and O–H groups in total. The van der Waals surface area contributed by atoms with Crippen molar-refractivity contribution in [3.05, 3.63) is 29.8 Å². The number of phenolic OH excluding ortho intramolecular Hbond substituents is 1. The quantitative estimate of drug-likeness (QED) is 0.752. The summed E-state index contributed by atoms with van der Waals surface area (Å²) in [6.07, 6.45) is 1.21. The van der Waals surface area contributed by atoms with E-state index in [2.05, 4.69) is 0 Å². The fourth-order valence-electron chi connectivity index (χ4n) is 1.82. The second kappa shape index (κ2) is 5.53. The van der Waals surface area contributed by atoms with E-state index in [1.165, 1.54) is 36.1 Å². The molecule has 18 heavy (non-hydrogen) atoms. The number of aliphatic carboxylic acids is 1. The molecule has 0 spiro atoms. The number of rotatable bonds is 6. The van der Waals surface area contributed by atoms with Gasteiger partial charge in [-0.25, -0.2) is 4.79 Å². The molecule has 1 aromatic rings. The molecule has 0 bridgehead atoms. The molecule has 1 unspecified atom stereocenters. The number of phenols is 1. The van der Waals surface area contributed by atoms with Crippen molar-refractivity contribution in [1.29, 1.82) is 0 Å². The summed E-state index contributed by atoms with van der Waals surface area (Å²) in [7, 11) is 0. The SMILES string of the molecule is CCCN(C=O)C(C)(C(=O)O)c1ccc(O)cc1. The number of nitrogens with zero attached hydrogens (tertiary/aromatic N) is 1. The second-order valence-corrected chi connectivity index (χ2v) is 4.22. The van der Waals surface area contributed by atoms with Crippen molar-refractivity contribution in [2.45, 2.75) is 25.8 Å². The van der Waals surface area contributed by atoms with E-state index in [-0.39, 0.29) is 5.75 Å². The van der Waals surface area contributed by atoms with Gasteiger partial charge in [0.05, 0.1) is 0 Å². The Hall–Kier alpha value is -2.04. The van der Waals surface area contributed by atoms with Crippen molar-refractivity contribution in [3.8, 4) is 5.75 Å². The minimum absolute atomic E-state index is 0.0552. The number of amides is 1. The fourth-order valence-corrected chi connectivity index (χ4v) is 1.82. The molecule has 0 aliphatic carbocycles. The third kappa shape index (κ3) is 2.45. The van der Waals surface area contributed by atoms with E-state index in [0.29, 0.717) is 24.9 Å². The molecule has 0 aromatic heterocycles. The molecule has 0 saturated carbocycles. The number of carbonyl (C=O) groups is 2. The molecule has 0 aliphatic rings. The lowest BCUT2D eigenvalue weighted by Gasteiger charge is -2.35. The minimum atomic E-state index is -1.43. The number of carboxylic acid groups (broad SMARTS) is 1. The van der Waals surface area contributed by atoms with Gasteiger partial charge in [0.2, 0.25) is 6.41 Å². The molecular formula is C13H17NO4. The monoisotopic (exact) mass is 251 g/mol. The van der Waals surface area contributed by atoms with Gasteiger partial charge < -0.3 is 15.1 Å². The van der Waals surface area contributed by atoms with Crippen molar-refractivity contribution in [3.63, 3.8) is 0 Å². The molecule has 0 heterocycles. The first-order valence-electron chi connectivity index (χ1n) is 5.71. The van der Waals surface area contributed by atoms with E-state index in [1.807, 2.05) is 6.92 Å². The Kier molecular flexibility index (Phi) is 4.31. The van der Waals surface area contributed by atoms with E-state index in [9.17, 15) is 19.8 Å². The number of hydrogen-bond acceptors (Lipinski definition) is 3. The molecule has 1 amide bonds. The van der Waals surface area contributed by atoms with Gasteiger partial charge in [-0.2, -0.15) is 0 Å². The first-order valence-corrected chi connectivity index (χ1v) is 5.71. The van der Waals surface area contributed by atoms with Crippen LogP contribution < -0.4 is 0 Å². The maximum absolute atomic E-state index is 11.5. The van der Waals surface area contributed by atoms with Gasteiger partial charge in [0.25, 0.3) is 0 Å². The van der Waals surface area contributed by atoms with Gasteiger partial charge in [-0.3, -0.25) is 4.79 Å². The van der Waals surface area contributed by atoms with Crippen LogP contribution in [0.3, 0.4) is 0 Å². The van der Waals surface area contributed by atoms with E-state index >= 15 is 0 Å². The summed E-state index contributed by atoms with van der Waals surface area (Å²) in [6, 6.07) is 5.84. The first-order chi connectivity index (χ1) is 8.46. The highest BCUT2D eigenvalue weighted by Crippen LogP contribution is 2.29. The van der Waals surface area contributed by atoms with Gasteiger partial charge in [0.1, 0.15) is 5.75 Å². The van der Waals surface area contributed by atoms with Crippen LogP contribution in [0.1, 0.15) is 25.8 Å². The summed E-state index contributed by atoms with van der Waals surface area (Å²) in [6.45, 7) is 3.70. The molecule has 1 atom stereocenters. The maximum atomic E-state index is 11.5. The molecule has 0 fully saturated rings. The van der Waals surface area contributed by atoms with Crippen LogP contribution in [0.25, 0.3) is 0 Å². The van der Waals surface area contributed by atoms with Gasteiger partial charge >= 0.3 is 5.97 Å². The topological polar surface area (TPSA) is 77.8 Å². The van der Waals surface area contributed by atoms with Crippen LogP contribution in [0.15, 0.2) is 24.3 Å². The molecule has 5 heteroatoms. The summed E-state index contributed by atoms with van der Waals surface area (Å²) in [5.41, 5.74) is -0.973. The number of carboxylic acids is 1. The molecule has 0 radical (unpaired) electrons. The molecule has 1 aromatic carbocycles. The van der Waals surface area contributed by atoms with Crippen molar-refractivity contribution in [1.82, 2.24) is 4.90 Å². The summed E-state index contributed by atoms with van der Waals surface area (Å²) >= 11 is 0. The highest BCUT2D eigenvalue weighted by atomic mass is 16.4. The van der Waals surface area contributed by atoms with Gasteiger partial charge in [-0.15, -0.1) is 0 Å². The lowest BCUT2D eigenvalue weighted by atomic mass is 9.90. The highest BCUT2D eigenvalue weighted by Gasteiger charge is 2.40. The van der Waals surface area contributed by atoms with Crippen LogP contribution in [0, 0.1) is 0 Å². The maximum Gasteiger partial charge on any atom is 0.334 e. The standard InChI is InChI=1S/C13H17NO4/c1-3-8-14(9-15)13(2,12(17)18)10-4-6-11(16)7-5-10/h4-7,9,16H,3,8H2,1-2H3,(H,17,18). The minimum Gasteiger partial charge on any atom is -0.508 e. The molecular weight excluding hydrogens is 234 g/mol. The zero-order valence-electron chi connectivity index (χ0n) is 10.5. The van der Waals surface area contributed by atoms with Gasteiger partial charge in [0.15, 0.2) is 5.54 Å². The lowest BCUT2D eigenvalue weighted by Crippen LogP contribution is -2.49. The van der Waals surface area contributed by atoms with Crippen LogP contribution in [0.2, 0.25) is 0 Å². The predicted molar refractivity (Wildman–Crippen MR) is 66.2 cm³/mol. The third-order valence-electron chi connectivity index (χ3n) is 3.01. The summed E-state index contributed by atoms with van der Waals surface area (Å²) in [5.74, 6) is -1.05. The Balaban J connectivity index is 3.25. The predicted octanol–water partition coefficient (Wildman–Crippen LogP) is 1.56. The van der Waals surface area contributed by atoms with Crippen LogP contribution in [0.5, 0.6) is 5.75 Å². The van der Waals surface area contributed by atoms with Gasteiger partial charge in [0, 0.05) is 6.54 Å². The van der Waals surface area contributed by atoms with Gasteiger partial charge in [-0.1, -0.05) is 19.1 Å². The van der Waals surface area contributed by atoms with Crippen molar-refractivity contribution < 1.29 is 19.8 Å². The molecule has 98 valence electrons. The third-order valence-corrected chi connectivity index (χ3v) is 3.01. The number of benzene rings is 1. The average Bonchev–Trinajstić information content (AvgIpc) is 2.35. The van der Waals surface area contributed by atoms with Gasteiger partial charge in [-0.05, 0) is 31.0 Å². The van der Waals surface area contributed by atoms with Crippen molar-refractivity contribution in [2.24, 2.45) is 0 Å². The number of hydrogen-bond donors (Lipinski definition) is 2. The largest absolute Gasteiger partial charge is 0.508 e. The average molecular weight is 251 g/mol. The molecule has 5 nitrogen and oxygen atoms in total. The van der Waals surface area contributed by atoms with Crippen LogP contribution in [-0.2, 0) is 15.1 Å². The highest BCUT2D eigenvalue weighted by molar-refractivity contribution is 5.82. The van der Waals surface area contributed by atoms with Crippen LogP contribution in [0.4, 0.5) is 0 Å². The Labute approximate surface area is 106 Å². The zero-order valence-corrected chi connectivity index (χ0v) is 10.5. The molecule has 0 aliphatic heterocycles. The normalized spacial score (nSPS) is 13.7. The smallest absolute Gasteiger partial charge is 0.334 e. The van der Waals surface area contributed by atoms with Crippen LogP contribution >= 0.6 is 0 Å². The second-order valence-electron chi connectivity index (χ2n) is 4.22. The zero-order chi connectivity index (χ0) is 13.8.